The highest BCUT2D eigenvalue weighted by Gasteiger charge is 2.07. The average molecular weight is 280 g/mol. The van der Waals surface area contributed by atoms with Gasteiger partial charge in [0.2, 0.25) is 11.8 Å². The Balaban J connectivity index is 1.58. The van der Waals surface area contributed by atoms with Gasteiger partial charge in [0.1, 0.15) is 0 Å². The Kier molecular flexibility index (Phi) is 4.02. The molecule has 5 nitrogen and oxygen atoms in total. The van der Waals surface area contributed by atoms with Crippen LogP contribution in [0, 0.1) is 6.92 Å². The number of nitrogens with one attached hydrogen (secondary N) is 1. The zero-order valence-electron chi connectivity index (χ0n) is 11.8. The third kappa shape index (κ3) is 3.52. The van der Waals surface area contributed by atoms with E-state index in [1.807, 2.05) is 55.5 Å². The van der Waals surface area contributed by atoms with Gasteiger partial charge in [-0.15, -0.1) is 10.2 Å². The van der Waals surface area contributed by atoms with E-state index < -0.39 is 0 Å². The van der Waals surface area contributed by atoms with Crippen molar-refractivity contribution in [3.05, 3.63) is 65.8 Å². The largest absolute Gasteiger partial charge is 0.419 e. The molecule has 1 aromatic carbocycles. The van der Waals surface area contributed by atoms with Gasteiger partial charge in [0, 0.05) is 17.8 Å². The minimum Gasteiger partial charge on any atom is -0.419 e. The lowest BCUT2D eigenvalue weighted by Gasteiger charge is -2.02. The Morgan fingerprint density at radius 1 is 0.952 bits per heavy atom. The normalized spacial score (nSPS) is 10.7. The first-order valence-electron chi connectivity index (χ1n) is 6.82. The van der Waals surface area contributed by atoms with Gasteiger partial charge in [-0.25, -0.2) is 0 Å². The standard InChI is InChI=1S/C16H16N4O/c1-12-6-5-9-14(18-12)10-17-11-15-19-20-16(21-15)13-7-3-2-4-8-13/h2-9,17H,10-11H2,1H3. The molecule has 0 aliphatic carbocycles. The van der Waals surface area contributed by atoms with Crippen LogP contribution in [0.1, 0.15) is 17.3 Å². The molecule has 1 N–H and O–H groups in total. The summed E-state index contributed by atoms with van der Waals surface area (Å²) < 4.78 is 5.63. The van der Waals surface area contributed by atoms with Gasteiger partial charge in [-0.05, 0) is 31.2 Å². The molecule has 0 fully saturated rings. The van der Waals surface area contributed by atoms with E-state index in [2.05, 4.69) is 20.5 Å². The lowest BCUT2D eigenvalue weighted by atomic mass is 10.2. The molecule has 0 atom stereocenters. The second-order valence-electron chi connectivity index (χ2n) is 4.74. The van der Waals surface area contributed by atoms with E-state index in [9.17, 15) is 0 Å². The first-order valence-corrected chi connectivity index (χ1v) is 6.82. The zero-order chi connectivity index (χ0) is 14.5. The summed E-state index contributed by atoms with van der Waals surface area (Å²) >= 11 is 0. The minimum absolute atomic E-state index is 0.523. The number of hydrogen-bond donors (Lipinski definition) is 1. The molecule has 0 saturated carbocycles. The van der Waals surface area contributed by atoms with Crippen molar-refractivity contribution in [2.75, 3.05) is 0 Å². The van der Waals surface area contributed by atoms with Crippen molar-refractivity contribution in [3.8, 4) is 11.5 Å². The van der Waals surface area contributed by atoms with E-state index in [1.54, 1.807) is 0 Å². The highest BCUT2D eigenvalue weighted by Crippen LogP contribution is 2.16. The van der Waals surface area contributed by atoms with Gasteiger partial charge in [0.15, 0.2) is 0 Å². The molecule has 0 saturated heterocycles. The molecule has 0 amide bonds. The number of pyridine rings is 1. The van der Waals surface area contributed by atoms with Crippen molar-refractivity contribution < 1.29 is 4.42 Å². The molecule has 106 valence electrons. The van der Waals surface area contributed by atoms with E-state index in [-0.39, 0.29) is 0 Å². The average Bonchev–Trinajstić information content (AvgIpc) is 2.97. The van der Waals surface area contributed by atoms with E-state index >= 15 is 0 Å². The number of rotatable bonds is 5. The van der Waals surface area contributed by atoms with Gasteiger partial charge in [-0.3, -0.25) is 4.98 Å². The van der Waals surface area contributed by atoms with Gasteiger partial charge >= 0.3 is 0 Å². The lowest BCUT2D eigenvalue weighted by molar-refractivity contribution is 0.476. The maximum atomic E-state index is 5.63. The monoisotopic (exact) mass is 280 g/mol. The molecule has 5 heteroatoms. The van der Waals surface area contributed by atoms with Crippen LogP contribution >= 0.6 is 0 Å². The van der Waals surface area contributed by atoms with Crippen LogP contribution in [0.2, 0.25) is 0 Å². The predicted octanol–water partition coefficient (Wildman–Crippen LogP) is 2.73. The SMILES string of the molecule is Cc1cccc(CNCc2nnc(-c3ccccc3)o2)n1. The molecule has 0 aliphatic heterocycles. The molecule has 0 spiro atoms. The lowest BCUT2D eigenvalue weighted by Crippen LogP contribution is -2.14. The van der Waals surface area contributed by atoms with Gasteiger partial charge in [0.05, 0.1) is 12.2 Å². The molecule has 3 rings (SSSR count). The van der Waals surface area contributed by atoms with E-state index in [4.69, 9.17) is 4.42 Å². The number of aryl methyl sites for hydroxylation is 1. The van der Waals surface area contributed by atoms with Crippen molar-refractivity contribution in [2.24, 2.45) is 0 Å². The fourth-order valence-corrected chi connectivity index (χ4v) is 2.02. The van der Waals surface area contributed by atoms with Crippen LogP contribution < -0.4 is 5.32 Å². The van der Waals surface area contributed by atoms with Gasteiger partial charge in [-0.2, -0.15) is 0 Å². The van der Waals surface area contributed by atoms with E-state index in [1.165, 1.54) is 0 Å². The number of benzene rings is 1. The van der Waals surface area contributed by atoms with Crippen LogP contribution in [-0.2, 0) is 13.1 Å². The number of aromatic nitrogens is 3. The Labute approximate surface area is 123 Å². The van der Waals surface area contributed by atoms with Crippen molar-refractivity contribution in [2.45, 2.75) is 20.0 Å². The maximum Gasteiger partial charge on any atom is 0.247 e. The van der Waals surface area contributed by atoms with Gasteiger partial charge < -0.3 is 9.73 Å². The summed E-state index contributed by atoms with van der Waals surface area (Å²) in [6.45, 7) is 3.17. The molecular weight excluding hydrogens is 264 g/mol. The summed E-state index contributed by atoms with van der Waals surface area (Å²) in [6.07, 6.45) is 0. The summed E-state index contributed by atoms with van der Waals surface area (Å²) in [7, 11) is 0. The summed E-state index contributed by atoms with van der Waals surface area (Å²) in [4.78, 5) is 4.43. The Morgan fingerprint density at radius 2 is 1.81 bits per heavy atom. The van der Waals surface area contributed by atoms with Crippen molar-refractivity contribution in [3.63, 3.8) is 0 Å². The first-order chi connectivity index (χ1) is 10.3. The van der Waals surface area contributed by atoms with Crippen molar-refractivity contribution in [1.82, 2.24) is 20.5 Å². The van der Waals surface area contributed by atoms with Crippen LogP contribution in [-0.4, -0.2) is 15.2 Å². The smallest absolute Gasteiger partial charge is 0.247 e. The van der Waals surface area contributed by atoms with Crippen LogP contribution in [0.5, 0.6) is 0 Å². The topological polar surface area (TPSA) is 63.8 Å². The van der Waals surface area contributed by atoms with Crippen LogP contribution in [0.15, 0.2) is 52.9 Å². The van der Waals surface area contributed by atoms with Crippen LogP contribution in [0.3, 0.4) is 0 Å². The molecule has 0 aliphatic rings. The second-order valence-corrected chi connectivity index (χ2v) is 4.74. The van der Waals surface area contributed by atoms with Crippen molar-refractivity contribution >= 4 is 0 Å². The van der Waals surface area contributed by atoms with Crippen molar-refractivity contribution in [1.29, 1.82) is 0 Å². The number of nitrogens with zero attached hydrogens (tertiary/aromatic N) is 3. The van der Waals surface area contributed by atoms with Gasteiger partial charge in [-0.1, -0.05) is 24.3 Å². The Hall–Kier alpha value is -2.53. The third-order valence-corrected chi connectivity index (χ3v) is 3.02. The van der Waals surface area contributed by atoms with E-state index in [0.29, 0.717) is 24.9 Å². The van der Waals surface area contributed by atoms with Gasteiger partial charge in [0.25, 0.3) is 0 Å². The first kappa shape index (κ1) is 13.5. The molecule has 21 heavy (non-hydrogen) atoms. The molecule has 0 unspecified atom stereocenters. The molecule has 0 radical (unpaired) electrons. The predicted molar refractivity (Wildman–Crippen MR) is 79.3 cm³/mol. The molecule has 2 aromatic heterocycles. The van der Waals surface area contributed by atoms with Crippen LogP contribution in [0.25, 0.3) is 11.5 Å². The van der Waals surface area contributed by atoms with E-state index in [0.717, 1.165) is 17.0 Å². The Morgan fingerprint density at radius 3 is 2.62 bits per heavy atom. The highest BCUT2D eigenvalue weighted by atomic mass is 16.4. The highest BCUT2D eigenvalue weighted by molar-refractivity contribution is 5.51. The molecule has 0 bridgehead atoms. The molecular formula is C16H16N4O. The Bertz CT molecular complexity index is 709. The number of hydrogen-bond acceptors (Lipinski definition) is 5. The minimum atomic E-state index is 0.523. The molecule has 3 aromatic rings. The fourth-order valence-electron chi connectivity index (χ4n) is 2.02. The quantitative estimate of drug-likeness (QED) is 0.778. The summed E-state index contributed by atoms with van der Waals surface area (Å²) in [5.74, 6) is 1.11. The van der Waals surface area contributed by atoms with Crippen LogP contribution in [0.4, 0.5) is 0 Å². The summed E-state index contributed by atoms with van der Waals surface area (Å²) in [6, 6.07) is 15.7. The second kappa shape index (κ2) is 6.28. The summed E-state index contributed by atoms with van der Waals surface area (Å²) in [5, 5.41) is 11.3. The zero-order valence-corrected chi connectivity index (χ0v) is 11.8. The fraction of sp³-hybridized carbons (Fsp3) is 0.188. The molecule has 2 heterocycles. The maximum absolute atomic E-state index is 5.63. The summed E-state index contributed by atoms with van der Waals surface area (Å²) in [5.41, 5.74) is 2.94. The third-order valence-electron chi connectivity index (χ3n) is 3.02.